The number of carbonyl (C=O) groups excluding carboxylic acids is 2. The van der Waals surface area contributed by atoms with E-state index in [1.54, 1.807) is 4.90 Å². The van der Waals surface area contributed by atoms with E-state index in [2.05, 4.69) is 10.2 Å². The summed E-state index contributed by atoms with van der Waals surface area (Å²) in [6, 6.07) is 7.93. The molecule has 1 heterocycles. The summed E-state index contributed by atoms with van der Waals surface area (Å²) in [6.45, 7) is 3.53. The lowest BCUT2D eigenvalue weighted by molar-refractivity contribution is -0.127. The van der Waals surface area contributed by atoms with Crippen molar-refractivity contribution in [1.82, 2.24) is 10.2 Å². The molecule has 1 unspecified atom stereocenters. The molecule has 5 nitrogen and oxygen atoms in total. The quantitative estimate of drug-likeness (QED) is 0.861. The van der Waals surface area contributed by atoms with Crippen molar-refractivity contribution in [2.24, 2.45) is 5.92 Å². The van der Waals surface area contributed by atoms with Crippen LogP contribution in [0.1, 0.15) is 18.9 Å². The van der Waals surface area contributed by atoms with Gasteiger partial charge < -0.3 is 15.1 Å². The van der Waals surface area contributed by atoms with E-state index >= 15 is 0 Å². The molecule has 1 atom stereocenters. The molecule has 0 saturated carbocycles. The van der Waals surface area contributed by atoms with Crippen LogP contribution in [0.3, 0.4) is 0 Å². The molecule has 2 rings (SSSR count). The van der Waals surface area contributed by atoms with Crippen molar-refractivity contribution in [2.75, 3.05) is 38.6 Å². The SMILES string of the molecule is CC(CCN(C)C)C(=O)NCC(=O)N1CCc2ccccc21. The van der Waals surface area contributed by atoms with E-state index in [4.69, 9.17) is 0 Å². The van der Waals surface area contributed by atoms with Crippen molar-refractivity contribution in [3.8, 4) is 0 Å². The Morgan fingerprint density at radius 2 is 2.05 bits per heavy atom. The fraction of sp³-hybridized carbons (Fsp3) is 0.529. The molecule has 0 saturated heterocycles. The van der Waals surface area contributed by atoms with Crippen molar-refractivity contribution in [2.45, 2.75) is 19.8 Å². The minimum absolute atomic E-state index is 0.0434. The highest BCUT2D eigenvalue weighted by Crippen LogP contribution is 2.27. The molecule has 1 aromatic carbocycles. The fourth-order valence-corrected chi connectivity index (χ4v) is 2.61. The van der Waals surface area contributed by atoms with E-state index in [1.807, 2.05) is 45.3 Å². The zero-order chi connectivity index (χ0) is 16.1. The maximum absolute atomic E-state index is 12.3. The van der Waals surface area contributed by atoms with Crippen LogP contribution in [-0.4, -0.2) is 50.4 Å². The first-order valence-electron chi connectivity index (χ1n) is 7.79. The van der Waals surface area contributed by atoms with Gasteiger partial charge in [-0.1, -0.05) is 25.1 Å². The van der Waals surface area contributed by atoms with Gasteiger partial charge in [0.05, 0.1) is 6.54 Å². The molecular formula is C17H25N3O2. The number of nitrogens with one attached hydrogen (secondary N) is 1. The number of hydrogen-bond acceptors (Lipinski definition) is 3. The molecule has 22 heavy (non-hydrogen) atoms. The minimum Gasteiger partial charge on any atom is -0.347 e. The number of fused-ring (bicyclic) bond motifs is 1. The first-order chi connectivity index (χ1) is 10.5. The molecule has 1 aliphatic rings. The van der Waals surface area contributed by atoms with Crippen molar-refractivity contribution < 1.29 is 9.59 Å². The van der Waals surface area contributed by atoms with Gasteiger partial charge >= 0.3 is 0 Å². The molecule has 0 bridgehead atoms. The summed E-state index contributed by atoms with van der Waals surface area (Å²) >= 11 is 0. The van der Waals surface area contributed by atoms with E-state index in [9.17, 15) is 9.59 Å². The maximum atomic E-state index is 12.3. The first kappa shape index (κ1) is 16.5. The van der Waals surface area contributed by atoms with Crippen LogP contribution < -0.4 is 10.2 Å². The largest absolute Gasteiger partial charge is 0.347 e. The van der Waals surface area contributed by atoms with Crippen LogP contribution in [0.5, 0.6) is 0 Å². The molecule has 2 amide bonds. The summed E-state index contributed by atoms with van der Waals surface area (Å²) in [5.41, 5.74) is 2.17. The van der Waals surface area contributed by atoms with E-state index in [-0.39, 0.29) is 24.3 Å². The second-order valence-corrected chi connectivity index (χ2v) is 6.13. The van der Waals surface area contributed by atoms with Gasteiger partial charge in [-0.25, -0.2) is 0 Å². The minimum atomic E-state index is -0.0823. The Hall–Kier alpha value is -1.88. The maximum Gasteiger partial charge on any atom is 0.246 e. The van der Waals surface area contributed by atoms with Gasteiger partial charge in [-0.05, 0) is 45.1 Å². The Morgan fingerprint density at radius 1 is 1.32 bits per heavy atom. The molecule has 1 N–H and O–H groups in total. The van der Waals surface area contributed by atoms with Crippen molar-refractivity contribution in [3.63, 3.8) is 0 Å². The van der Waals surface area contributed by atoms with Crippen LogP contribution in [0, 0.1) is 5.92 Å². The number of anilines is 1. The van der Waals surface area contributed by atoms with Gasteiger partial charge in [-0.2, -0.15) is 0 Å². The molecule has 0 spiro atoms. The molecule has 0 aromatic heterocycles. The number of para-hydroxylation sites is 1. The van der Waals surface area contributed by atoms with Gasteiger partial charge in [0.1, 0.15) is 0 Å². The zero-order valence-electron chi connectivity index (χ0n) is 13.6. The van der Waals surface area contributed by atoms with E-state index in [0.29, 0.717) is 6.54 Å². The number of rotatable bonds is 6. The Balaban J connectivity index is 1.82. The third kappa shape index (κ3) is 4.07. The number of hydrogen-bond donors (Lipinski definition) is 1. The number of carbonyl (C=O) groups is 2. The Labute approximate surface area is 132 Å². The monoisotopic (exact) mass is 303 g/mol. The second kappa shape index (κ2) is 7.40. The van der Waals surface area contributed by atoms with E-state index < -0.39 is 0 Å². The summed E-state index contributed by atoms with van der Waals surface area (Å²) in [7, 11) is 3.97. The summed E-state index contributed by atoms with van der Waals surface area (Å²) in [5.74, 6) is -0.179. The normalized spacial score (nSPS) is 14.8. The van der Waals surface area contributed by atoms with Crippen LogP contribution >= 0.6 is 0 Å². The first-order valence-corrected chi connectivity index (χ1v) is 7.79. The van der Waals surface area contributed by atoms with Crippen LogP contribution in [0.4, 0.5) is 5.69 Å². The summed E-state index contributed by atoms with van der Waals surface area (Å²) in [4.78, 5) is 28.1. The predicted molar refractivity (Wildman–Crippen MR) is 87.8 cm³/mol. The number of amides is 2. The summed E-state index contributed by atoms with van der Waals surface area (Å²) in [5, 5.41) is 2.76. The molecule has 5 heteroatoms. The van der Waals surface area contributed by atoms with Crippen LogP contribution in [-0.2, 0) is 16.0 Å². The van der Waals surface area contributed by atoms with E-state index in [1.165, 1.54) is 5.56 Å². The average molecular weight is 303 g/mol. The Morgan fingerprint density at radius 3 is 2.77 bits per heavy atom. The smallest absolute Gasteiger partial charge is 0.246 e. The van der Waals surface area contributed by atoms with Gasteiger partial charge in [-0.15, -0.1) is 0 Å². The second-order valence-electron chi connectivity index (χ2n) is 6.13. The lowest BCUT2D eigenvalue weighted by Crippen LogP contribution is -2.41. The predicted octanol–water partition coefficient (Wildman–Crippen LogP) is 1.28. The molecule has 0 aliphatic carbocycles. The third-order valence-corrected chi connectivity index (χ3v) is 4.06. The Bertz CT molecular complexity index is 542. The molecular weight excluding hydrogens is 278 g/mol. The number of benzene rings is 1. The van der Waals surface area contributed by atoms with Gasteiger partial charge in [0.15, 0.2) is 0 Å². The number of nitrogens with zero attached hydrogens (tertiary/aromatic N) is 2. The van der Waals surface area contributed by atoms with Gasteiger partial charge in [0, 0.05) is 18.2 Å². The molecule has 120 valence electrons. The highest BCUT2D eigenvalue weighted by molar-refractivity contribution is 5.98. The standard InChI is InChI=1S/C17H25N3O2/c1-13(8-10-19(2)3)17(22)18-12-16(21)20-11-9-14-6-4-5-7-15(14)20/h4-7,13H,8-12H2,1-3H3,(H,18,22). The highest BCUT2D eigenvalue weighted by Gasteiger charge is 2.24. The molecule has 1 aliphatic heterocycles. The van der Waals surface area contributed by atoms with Gasteiger partial charge in [-0.3, -0.25) is 9.59 Å². The van der Waals surface area contributed by atoms with Crippen LogP contribution in [0.2, 0.25) is 0 Å². The lowest BCUT2D eigenvalue weighted by Gasteiger charge is -2.19. The lowest BCUT2D eigenvalue weighted by atomic mass is 10.1. The average Bonchev–Trinajstić information content (AvgIpc) is 2.93. The van der Waals surface area contributed by atoms with E-state index in [0.717, 1.165) is 25.1 Å². The van der Waals surface area contributed by atoms with Gasteiger partial charge in [0.25, 0.3) is 0 Å². The summed E-state index contributed by atoms with van der Waals surface area (Å²) in [6.07, 6.45) is 1.68. The van der Waals surface area contributed by atoms with Crippen molar-refractivity contribution >= 4 is 17.5 Å². The molecule has 0 fully saturated rings. The molecule has 1 aromatic rings. The van der Waals surface area contributed by atoms with Crippen molar-refractivity contribution in [3.05, 3.63) is 29.8 Å². The molecule has 0 radical (unpaired) electrons. The Kier molecular flexibility index (Phi) is 5.55. The van der Waals surface area contributed by atoms with Crippen LogP contribution in [0.15, 0.2) is 24.3 Å². The van der Waals surface area contributed by atoms with Crippen molar-refractivity contribution in [1.29, 1.82) is 0 Å². The zero-order valence-corrected chi connectivity index (χ0v) is 13.6. The highest BCUT2D eigenvalue weighted by atomic mass is 16.2. The third-order valence-electron chi connectivity index (χ3n) is 4.06. The fourth-order valence-electron chi connectivity index (χ4n) is 2.61. The topological polar surface area (TPSA) is 52.7 Å². The van der Waals surface area contributed by atoms with Crippen LogP contribution in [0.25, 0.3) is 0 Å². The van der Waals surface area contributed by atoms with Gasteiger partial charge in [0.2, 0.25) is 11.8 Å². The summed E-state index contributed by atoms with van der Waals surface area (Å²) < 4.78 is 0.